The predicted octanol–water partition coefficient (Wildman–Crippen LogP) is 2.69. The maximum atomic E-state index is 12.2. The predicted molar refractivity (Wildman–Crippen MR) is 65.5 cm³/mol. The molecule has 0 N–H and O–H groups in total. The Bertz CT molecular complexity index is 482. The fraction of sp³-hybridized carbons (Fsp3) is 0.0714. The maximum Gasteiger partial charge on any atom is 0.282 e. The summed E-state index contributed by atoms with van der Waals surface area (Å²) < 4.78 is 0. The van der Waals surface area contributed by atoms with E-state index >= 15 is 0 Å². The molecule has 0 heterocycles. The summed E-state index contributed by atoms with van der Waals surface area (Å²) in [4.78, 5) is 17.3. The van der Waals surface area contributed by atoms with Crippen LogP contribution in [-0.2, 0) is 4.84 Å². The van der Waals surface area contributed by atoms with Gasteiger partial charge in [-0.25, -0.2) is 0 Å². The van der Waals surface area contributed by atoms with E-state index in [1.165, 1.54) is 12.2 Å². The molecule has 0 spiro atoms. The minimum absolute atomic E-state index is 0.201. The van der Waals surface area contributed by atoms with Gasteiger partial charge in [0.25, 0.3) is 5.91 Å². The zero-order chi connectivity index (χ0) is 12.1. The van der Waals surface area contributed by atoms with Gasteiger partial charge in [-0.05, 0) is 30.3 Å². The number of benzene rings is 2. The molecule has 0 aliphatic rings. The van der Waals surface area contributed by atoms with E-state index in [-0.39, 0.29) is 5.91 Å². The Morgan fingerprint density at radius 1 is 1.12 bits per heavy atom. The third-order valence-corrected chi connectivity index (χ3v) is 2.32. The fourth-order valence-electron chi connectivity index (χ4n) is 1.52. The van der Waals surface area contributed by atoms with Crippen molar-refractivity contribution in [3.63, 3.8) is 0 Å². The molecule has 2 rings (SSSR count). The molecule has 2 aromatic rings. The van der Waals surface area contributed by atoms with Gasteiger partial charge in [-0.15, -0.1) is 0 Å². The summed E-state index contributed by atoms with van der Waals surface area (Å²) in [6, 6.07) is 18.9. The van der Waals surface area contributed by atoms with Crippen LogP contribution in [0.25, 0.3) is 0 Å². The van der Waals surface area contributed by atoms with Crippen molar-refractivity contribution in [1.29, 1.82) is 0 Å². The summed E-state index contributed by atoms with van der Waals surface area (Å²) in [7, 11) is 1.47. The van der Waals surface area contributed by atoms with Crippen LogP contribution in [0.4, 0.5) is 5.69 Å². The number of carbonyl (C=O) groups excluding carboxylic acids is 1. The van der Waals surface area contributed by atoms with Gasteiger partial charge < -0.3 is 0 Å². The Labute approximate surface area is 100 Å². The summed E-state index contributed by atoms with van der Waals surface area (Å²) in [5.41, 5.74) is 1.27. The number of hydrogen-bond donors (Lipinski definition) is 0. The lowest BCUT2D eigenvalue weighted by atomic mass is 10.2. The van der Waals surface area contributed by atoms with Crippen LogP contribution in [0.5, 0.6) is 0 Å². The zero-order valence-electron chi connectivity index (χ0n) is 9.46. The second-order valence-electron chi connectivity index (χ2n) is 3.41. The second kappa shape index (κ2) is 5.27. The molecule has 85 valence electrons. The summed E-state index contributed by atoms with van der Waals surface area (Å²) in [5, 5.41) is 1.26. The van der Waals surface area contributed by atoms with E-state index in [0.717, 1.165) is 0 Å². The maximum absolute atomic E-state index is 12.2. The van der Waals surface area contributed by atoms with E-state index in [1.54, 1.807) is 24.3 Å². The average Bonchev–Trinajstić information content (AvgIpc) is 2.42. The van der Waals surface area contributed by atoms with Crippen molar-refractivity contribution in [2.75, 3.05) is 12.2 Å². The molecule has 3 heteroatoms. The van der Waals surface area contributed by atoms with Gasteiger partial charge in [-0.3, -0.25) is 9.63 Å². The van der Waals surface area contributed by atoms with Gasteiger partial charge in [0, 0.05) is 5.56 Å². The van der Waals surface area contributed by atoms with Crippen LogP contribution in [0.2, 0.25) is 0 Å². The largest absolute Gasteiger partial charge is 0.282 e. The molecule has 1 radical (unpaired) electrons. The first kappa shape index (κ1) is 11.4. The molecular formula is C14H12NO2. The molecule has 0 saturated heterocycles. The Morgan fingerprint density at radius 3 is 2.35 bits per heavy atom. The van der Waals surface area contributed by atoms with Gasteiger partial charge in [0.2, 0.25) is 0 Å². The topological polar surface area (TPSA) is 29.5 Å². The van der Waals surface area contributed by atoms with Gasteiger partial charge in [0.15, 0.2) is 0 Å². The molecule has 0 aromatic heterocycles. The van der Waals surface area contributed by atoms with Gasteiger partial charge in [-0.2, -0.15) is 5.06 Å². The molecule has 0 aliphatic heterocycles. The summed E-state index contributed by atoms with van der Waals surface area (Å²) in [6.07, 6.45) is 0. The fourth-order valence-corrected chi connectivity index (χ4v) is 1.52. The number of hydrogen-bond acceptors (Lipinski definition) is 2. The van der Waals surface area contributed by atoms with Crippen LogP contribution in [0.15, 0.2) is 54.6 Å². The quantitative estimate of drug-likeness (QED) is 0.753. The standard InChI is InChI=1S/C14H12NO2/c1-17-15(13-10-6-3-7-11-13)14(16)12-8-4-2-5-9-12/h3-11H,1H3. The normalized spacial score (nSPS) is 9.94. The van der Waals surface area contributed by atoms with E-state index in [2.05, 4.69) is 6.07 Å². The Morgan fingerprint density at radius 2 is 1.76 bits per heavy atom. The first-order valence-electron chi connectivity index (χ1n) is 5.22. The van der Waals surface area contributed by atoms with E-state index in [4.69, 9.17) is 4.84 Å². The molecule has 1 amide bonds. The van der Waals surface area contributed by atoms with E-state index in [0.29, 0.717) is 11.3 Å². The van der Waals surface area contributed by atoms with Crippen LogP contribution in [0.1, 0.15) is 10.4 Å². The highest BCUT2D eigenvalue weighted by Crippen LogP contribution is 2.16. The Kier molecular flexibility index (Phi) is 3.52. The lowest BCUT2D eigenvalue weighted by Crippen LogP contribution is -2.29. The smallest absolute Gasteiger partial charge is 0.269 e. The van der Waals surface area contributed by atoms with E-state index < -0.39 is 0 Å². The summed E-state index contributed by atoms with van der Waals surface area (Å²) >= 11 is 0. The van der Waals surface area contributed by atoms with Crippen LogP contribution in [0.3, 0.4) is 0 Å². The SMILES string of the molecule is CON(C(=O)c1cc[c]cc1)c1ccccc1. The summed E-state index contributed by atoms with van der Waals surface area (Å²) in [6.45, 7) is 0. The highest BCUT2D eigenvalue weighted by molar-refractivity contribution is 6.04. The number of rotatable bonds is 3. The molecule has 0 atom stereocenters. The van der Waals surface area contributed by atoms with Crippen molar-refractivity contribution in [2.45, 2.75) is 0 Å². The number of hydroxylamine groups is 1. The van der Waals surface area contributed by atoms with Gasteiger partial charge >= 0.3 is 0 Å². The minimum Gasteiger partial charge on any atom is -0.269 e. The number of amides is 1. The van der Waals surface area contributed by atoms with Crippen molar-refractivity contribution in [3.8, 4) is 0 Å². The van der Waals surface area contributed by atoms with Gasteiger partial charge in [0.1, 0.15) is 0 Å². The van der Waals surface area contributed by atoms with Crippen LogP contribution < -0.4 is 5.06 Å². The number of para-hydroxylation sites is 1. The molecule has 0 fully saturated rings. The van der Waals surface area contributed by atoms with Crippen LogP contribution in [-0.4, -0.2) is 13.0 Å². The highest BCUT2D eigenvalue weighted by atomic mass is 16.7. The van der Waals surface area contributed by atoms with Crippen molar-refractivity contribution in [1.82, 2.24) is 0 Å². The molecular weight excluding hydrogens is 214 g/mol. The first-order chi connectivity index (χ1) is 8.33. The molecule has 17 heavy (non-hydrogen) atoms. The van der Waals surface area contributed by atoms with E-state index in [1.807, 2.05) is 30.3 Å². The molecule has 0 unspecified atom stereocenters. The lowest BCUT2D eigenvalue weighted by Gasteiger charge is -2.19. The number of anilines is 1. The number of nitrogens with zero attached hydrogens (tertiary/aromatic N) is 1. The van der Waals surface area contributed by atoms with Crippen molar-refractivity contribution < 1.29 is 9.63 Å². The summed E-state index contributed by atoms with van der Waals surface area (Å²) in [5.74, 6) is -0.201. The van der Waals surface area contributed by atoms with E-state index in [9.17, 15) is 4.79 Å². The molecule has 2 aromatic carbocycles. The average molecular weight is 226 g/mol. The van der Waals surface area contributed by atoms with Gasteiger partial charge in [-0.1, -0.05) is 30.3 Å². The Balaban J connectivity index is 2.29. The number of carbonyl (C=O) groups is 1. The Hall–Kier alpha value is -2.13. The minimum atomic E-state index is -0.201. The lowest BCUT2D eigenvalue weighted by molar-refractivity contribution is 0.0773. The molecule has 0 aliphatic carbocycles. The van der Waals surface area contributed by atoms with Gasteiger partial charge in [0.05, 0.1) is 12.8 Å². The molecule has 3 nitrogen and oxygen atoms in total. The highest BCUT2D eigenvalue weighted by Gasteiger charge is 2.16. The first-order valence-corrected chi connectivity index (χ1v) is 5.22. The van der Waals surface area contributed by atoms with Crippen molar-refractivity contribution >= 4 is 11.6 Å². The third-order valence-electron chi connectivity index (χ3n) is 2.32. The second-order valence-corrected chi connectivity index (χ2v) is 3.41. The zero-order valence-corrected chi connectivity index (χ0v) is 9.46. The molecule has 0 saturated carbocycles. The third kappa shape index (κ3) is 2.52. The van der Waals surface area contributed by atoms with Crippen molar-refractivity contribution in [2.24, 2.45) is 0 Å². The molecule has 0 bridgehead atoms. The van der Waals surface area contributed by atoms with Crippen LogP contribution in [0, 0.1) is 6.07 Å². The van der Waals surface area contributed by atoms with Crippen molar-refractivity contribution in [3.05, 3.63) is 66.2 Å². The monoisotopic (exact) mass is 226 g/mol. The van der Waals surface area contributed by atoms with Crippen LogP contribution >= 0.6 is 0 Å².